The molecule has 0 spiro atoms. The normalized spacial score (nSPS) is 25.6. The molecule has 3 nitrogen and oxygen atoms in total. The molecule has 2 aliphatic rings. The van der Waals surface area contributed by atoms with Crippen LogP contribution in [0.1, 0.15) is 33.1 Å². The van der Waals surface area contributed by atoms with Crippen molar-refractivity contribution in [3.8, 4) is 0 Å². The van der Waals surface area contributed by atoms with Gasteiger partial charge in [-0.2, -0.15) is 0 Å². The second-order valence-electron chi connectivity index (χ2n) is 5.28. The number of ketones is 1. The third-order valence-corrected chi connectivity index (χ3v) is 3.98. The van der Waals surface area contributed by atoms with Gasteiger partial charge >= 0.3 is 0 Å². The van der Waals surface area contributed by atoms with Crippen molar-refractivity contribution in [3.63, 3.8) is 0 Å². The molecule has 2 fully saturated rings. The molecule has 1 saturated heterocycles. The second kappa shape index (κ2) is 5.28. The first kappa shape index (κ1) is 12.1. The molecule has 1 heterocycles. The van der Waals surface area contributed by atoms with E-state index in [1.54, 1.807) is 0 Å². The molecule has 0 amide bonds. The van der Waals surface area contributed by atoms with Gasteiger partial charge in [0.25, 0.3) is 0 Å². The molecule has 0 bridgehead atoms. The van der Waals surface area contributed by atoms with Gasteiger partial charge in [-0.05, 0) is 25.7 Å². The average molecular weight is 224 g/mol. The molecule has 1 aliphatic heterocycles. The lowest BCUT2D eigenvalue weighted by molar-refractivity contribution is -0.124. The molecule has 92 valence electrons. The fourth-order valence-electron chi connectivity index (χ4n) is 2.50. The highest BCUT2D eigenvalue weighted by molar-refractivity contribution is 5.83. The van der Waals surface area contributed by atoms with Crippen LogP contribution < -0.4 is 0 Å². The van der Waals surface area contributed by atoms with Crippen molar-refractivity contribution in [2.24, 2.45) is 5.92 Å². The summed E-state index contributed by atoms with van der Waals surface area (Å²) in [6, 6.07) is 0.132. The molecule has 3 heteroatoms. The van der Waals surface area contributed by atoms with Crippen LogP contribution in [0.3, 0.4) is 0 Å². The van der Waals surface area contributed by atoms with Crippen LogP contribution in [0.2, 0.25) is 0 Å². The Bertz CT molecular complexity index is 242. The maximum atomic E-state index is 11.6. The Morgan fingerprint density at radius 2 is 1.88 bits per heavy atom. The first-order valence-electron chi connectivity index (χ1n) is 6.69. The first-order valence-corrected chi connectivity index (χ1v) is 6.69. The third kappa shape index (κ3) is 3.05. The van der Waals surface area contributed by atoms with Gasteiger partial charge in [-0.3, -0.25) is 9.69 Å². The smallest absolute Gasteiger partial charge is 0.149 e. The number of Topliss-reactive ketones (excluding diaryl/α,β-unsaturated/α-hetero) is 1. The highest BCUT2D eigenvalue weighted by Gasteiger charge is 2.28. The van der Waals surface area contributed by atoms with Gasteiger partial charge in [0, 0.05) is 39.1 Å². The van der Waals surface area contributed by atoms with E-state index in [1.165, 1.54) is 19.4 Å². The van der Waals surface area contributed by atoms with Crippen LogP contribution >= 0.6 is 0 Å². The molecule has 0 N–H and O–H groups in total. The molecule has 0 aromatic rings. The van der Waals surface area contributed by atoms with Gasteiger partial charge < -0.3 is 4.90 Å². The predicted molar refractivity (Wildman–Crippen MR) is 65.5 cm³/mol. The number of rotatable bonds is 5. The summed E-state index contributed by atoms with van der Waals surface area (Å²) in [5, 5.41) is 0. The molecule has 0 radical (unpaired) electrons. The van der Waals surface area contributed by atoms with Crippen LogP contribution in [0, 0.1) is 5.92 Å². The number of piperazine rings is 1. The van der Waals surface area contributed by atoms with E-state index in [-0.39, 0.29) is 6.04 Å². The molecule has 0 aromatic carbocycles. The maximum Gasteiger partial charge on any atom is 0.149 e. The Hall–Kier alpha value is -0.410. The molecule has 1 aliphatic carbocycles. The maximum absolute atomic E-state index is 11.6. The number of carbonyl (C=O) groups is 1. The Morgan fingerprint density at radius 1 is 1.25 bits per heavy atom. The SMILES string of the molecule is CCC(=O)C(C)N1CCN(CC2CC2)CC1. The van der Waals surface area contributed by atoms with Crippen molar-refractivity contribution in [1.29, 1.82) is 0 Å². The zero-order chi connectivity index (χ0) is 11.5. The van der Waals surface area contributed by atoms with Crippen LogP contribution in [0.15, 0.2) is 0 Å². The van der Waals surface area contributed by atoms with E-state index in [0.29, 0.717) is 12.2 Å². The summed E-state index contributed by atoms with van der Waals surface area (Å²) >= 11 is 0. The Kier molecular flexibility index (Phi) is 3.98. The lowest BCUT2D eigenvalue weighted by Crippen LogP contribution is -2.51. The van der Waals surface area contributed by atoms with E-state index in [2.05, 4.69) is 16.7 Å². The van der Waals surface area contributed by atoms with Gasteiger partial charge in [-0.25, -0.2) is 0 Å². The molecule has 0 aromatic heterocycles. The topological polar surface area (TPSA) is 23.6 Å². The van der Waals surface area contributed by atoms with Crippen molar-refractivity contribution in [3.05, 3.63) is 0 Å². The minimum absolute atomic E-state index is 0.132. The van der Waals surface area contributed by atoms with Crippen LogP contribution in [-0.2, 0) is 4.79 Å². The minimum atomic E-state index is 0.132. The quantitative estimate of drug-likeness (QED) is 0.705. The van der Waals surface area contributed by atoms with Gasteiger partial charge in [-0.1, -0.05) is 6.92 Å². The summed E-state index contributed by atoms with van der Waals surface area (Å²) in [6.45, 7) is 9.75. The third-order valence-electron chi connectivity index (χ3n) is 3.98. The number of hydrogen-bond acceptors (Lipinski definition) is 3. The number of carbonyl (C=O) groups excluding carboxylic acids is 1. The summed E-state index contributed by atoms with van der Waals surface area (Å²) in [6.07, 6.45) is 3.54. The van der Waals surface area contributed by atoms with Gasteiger partial charge in [0.1, 0.15) is 5.78 Å². The zero-order valence-electron chi connectivity index (χ0n) is 10.6. The van der Waals surface area contributed by atoms with E-state index in [4.69, 9.17) is 0 Å². The molecule has 1 unspecified atom stereocenters. The Morgan fingerprint density at radius 3 is 2.38 bits per heavy atom. The Labute approximate surface area is 98.8 Å². The van der Waals surface area contributed by atoms with Crippen LogP contribution in [0.4, 0.5) is 0 Å². The lowest BCUT2D eigenvalue weighted by atomic mass is 10.1. The molecule has 16 heavy (non-hydrogen) atoms. The van der Waals surface area contributed by atoms with Crippen molar-refractivity contribution in [1.82, 2.24) is 9.80 Å². The largest absolute Gasteiger partial charge is 0.301 e. The fourth-order valence-corrected chi connectivity index (χ4v) is 2.50. The molecule has 2 rings (SSSR count). The molecule has 1 saturated carbocycles. The van der Waals surface area contributed by atoms with E-state index in [0.717, 1.165) is 32.1 Å². The standard InChI is InChI=1S/C13H24N2O/c1-3-13(16)11(2)15-8-6-14(7-9-15)10-12-4-5-12/h11-12H,3-10H2,1-2H3. The zero-order valence-corrected chi connectivity index (χ0v) is 10.6. The summed E-state index contributed by atoms with van der Waals surface area (Å²) in [4.78, 5) is 16.5. The first-order chi connectivity index (χ1) is 7.70. The summed E-state index contributed by atoms with van der Waals surface area (Å²) in [7, 11) is 0. The minimum Gasteiger partial charge on any atom is -0.301 e. The highest BCUT2D eigenvalue weighted by Crippen LogP contribution is 2.30. The van der Waals surface area contributed by atoms with Crippen LogP contribution in [0.5, 0.6) is 0 Å². The average Bonchev–Trinajstić information content (AvgIpc) is 3.12. The Balaban J connectivity index is 1.73. The number of hydrogen-bond donors (Lipinski definition) is 0. The van der Waals surface area contributed by atoms with Crippen molar-refractivity contribution >= 4 is 5.78 Å². The van der Waals surface area contributed by atoms with Crippen molar-refractivity contribution < 1.29 is 4.79 Å². The van der Waals surface area contributed by atoms with E-state index >= 15 is 0 Å². The summed E-state index contributed by atoms with van der Waals surface area (Å²) in [5.74, 6) is 1.37. The van der Waals surface area contributed by atoms with Crippen molar-refractivity contribution in [2.45, 2.75) is 39.2 Å². The van der Waals surface area contributed by atoms with Gasteiger partial charge in [0.2, 0.25) is 0 Å². The van der Waals surface area contributed by atoms with Gasteiger partial charge in [-0.15, -0.1) is 0 Å². The van der Waals surface area contributed by atoms with Crippen LogP contribution in [-0.4, -0.2) is 54.3 Å². The predicted octanol–water partition coefficient (Wildman–Crippen LogP) is 1.38. The van der Waals surface area contributed by atoms with Crippen molar-refractivity contribution in [2.75, 3.05) is 32.7 Å². The molecule has 1 atom stereocenters. The summed E-state index contributed by atoms with van der Waals surface area (Å²) < 4.78 is 0. The fraction of sp³-hybridized carbons (Fsp3) is 0.923. The number of nitrogens with zero attached hydrogens (tertiary/aromatic N) is 2. The van der Waals surface area contributed by atoms with E-state index in [1.807, 2.05) is 6.92 Å². The van der Waals surface area contributed by atoms with E-state index in [9.17, 15) is 4.79 Å². The highest BCUT2D eigenvalue weighted by atomic mass is 16.1. The molecular weight excluding hydrogens is 200 g/mol. The summed E-state index contributed by atoms with van der Waals surface area (Å²) in [5.41, 5.74) is 0. The van der Waals surface area contributed by atoms with Gasteiger partial charge in [0.05, 0.1) is 6.04 Å². The monoisotopic (exact) mass is 224 g/mol. The molecular formula is C13H24N2O. The van der Waals surface area contributed by atoms with Gasteiger partial charge in [0.15, 0.2) is 0 Å². The van der Waals surface area contributed by atoms with E-state index < -0.39 is 0 Å². The lowest BCUT2D eigenvalue weighted by Gasteiger charge is -2.37. The second-order valence-corrected chi connectivity index (χ2v) is 5.28. The van der Waals surface area contributed by atoms with Crippen LogP contribution in [0.25, 0.3) is 0 Å².